The highest BCUT2D eigenvalue weighted by molar-refractivity contribution is 5.75. The van der Waals surface area contributed by atoms with Gasteiger partial charge in [0.1, 0.15) is 6.04 Å². The fraction of sp³-hybridized carbons (Fsp3) is 0.417. The summed E-state index contributed by atoms with van der Waals surface area (Å²) in [6.07, 6.45) is 0. The lowest BCUT2D eigenvalue weighted by atomic mass is 10.1. The van der Waals surface area contributed by atoms with E-state index >= 15 is 0 Å². The van der Waals surface area contributed by atoms with Crippen LogP contribution in [0.3, 0.4) is 0 Å². The molecule has 0 radical (unpaired) electrons. The molecule has 4 heteroatoms. The molecule has 0 spiro atoms. The fourth-order valence-corrected chi connectivity index (χ4v) is 1.13. The van der Waals surface area contributed by atoms with Crippen molar-refractivity contribution in [1.82, 2.24) is 5.48 Å². The van der Waals surface area contributed by atoms with Gasteiger partial charge in [-0.05, 0) is 11.5 Å². The minimum absolute atomic E-state index is 0.0750. The zero-order chi connectivity index (χ0) is 12.0. The summed E-state index contributed by atoms with van der Waals surface area (Å²) in [7, 11) is 0. The molecule has 0 saturated heterocycles. The van der Waals surface area contributed by atoms with E-state index < -0.39 is 12.0 Å². The summed E-state index contributed by atoms with van der Waals surface area (Å²) in [6, 6.07) is 9.11. The second-order valence-corrected chi connectivity index (χ2v) is 4.00. The smallest absolute Gasteiger partial charge is 0.341 e. The maximum atomic E-state index is 11.4. The Balaban J connectivity index is 2.28. The van der Waals surface area contributed by atoms with Crippen LogP contribution in [0, 0.1) is 5.92 Å². The van der Waals surface area contributed by atoms with Crippen LogP contribution in [0.5, 0.6) is 0 Å². The normalized spacial score (nSPS) is 12.5. The van der Waals surface area contributed by atoms with Gasteiger partial charge in [0.2, 0.25) is 0 Å². The molecule has 0 aliphatic rings. The van der Waals surface area contributed by atoms with E-state index in [-0.39, 0.29) is 5.92 Å². The van der Waals surface area contributed by atoms with Gasteiger partial charge in [0.25, 0.3) is 0 Å². The topological polar surface area (TPSA) is 64.4 Å². The van der Waals surface area contributed by atoms with Gasteiger partial charge in [-0.15, -0.1) is 5.48 Å². The molecule has 0 aromatic heterocycles. The lowest BCUT2D eigenvalue weighted by Crippen LogP contribution is -2.39. The molecule has 0 heterocycles. The third kappa shape index (κ3) is 4.00. The number of carbonyl (C=O) groups is 1. The summed E-state index contributed by atoms with van der Waals surface area (Å²) in [5.74, 6) is -0.350. The Morgan fingerprint density at radius 1 is 1.38 bits per heavy atom. The zero-order valence-electron chi connectivity index (χ0n) is 9.64. The molecular weight excluding hydrogens is 204 g/mol. The van der Waals surface area contributed by atoms with Crippen molar-refractivity contribution in [2.45, 2.75) is 26.4 Å². The quantitative estimate of drug-likeness (QED) is 0.735. The Morgan fingerprint density at radius 2 is 2.00 bits per heavy atom. The summed E-state index contributed by atoms with van der Waals surface area (Å²) in [5.41, 5.74) is 9.28. The maximum absolute atomic E-state index is 11.4. The fourth-order valence-electron chi connectivity index (χ4n) is 1.13. The molecule has 0 aliphatic heterocycles. The average molecular weight is 222 g/mol. The predicted molar refractivity (Wildman–Crippen MR) is 62.2 cm³/mol. The van der Waals surface area contributed by atoms with Gasteiger partial charge in [0.05, 0.1) is 6.54 Å². The van der Waals surface area contributed by atoms with Crippen LogP contribution >= 0.6 is 0 Å². The second-order valence-electron chi connectivity index (χ2n) is 4.00. The first-order valence-electron chi connectivity index (χ1n) is 5.34. The summed E-state index contributed by atoms with van der Waals surface area (Å²) in [6.45, 7) is 4.24. The van der Waals surface area contributed by atoms with Gasteiger partial charge in [-0.2, -0.15) is 0 Å². The standard InChI is InChI=1S/C12H18N2O2/c1-9(2)11(13)12(15)16-14-8-10-6-4-3-5-7-10/h3-7,9,11,14H,8,13H2,1-2H3. The number of hydroxylamine groups is 1. The Bertz CT molecular complexity index is 325. The van der Waals surface area contributed by atoms with E-state index in [1.54, 1.807) is 0 Å². The summed E-state index contributed by atoms with van der Waals surface area (Å²) in [4.78, 5) is 16.2. The van der Waals surface area contributed by atoms with Crippen molar-refractivity contribution in [1.29, 1.82) is 0 Å². The molecule has 0 fully saturated rings. The van der Waals surface area contributed by atoms with E-state index in [4.69, 9.17) is 10.6 Å². The monoisotopic (exact) mass is 222 g/mol. The summed E-state index contributed by atoms with van der Waals surface area (Å²) < 4.78 is 0. The Kier molecular flexibility index (Phi) is 4.95. The van der Waals surface area contributed by atoms with Crippen LogP contribution in [0.2, 0.25) is 0 Å². The van der Waals surface area contributed by atoms with Gasteiger partial charge in [-0.1, -0.05) is 44.2 Å². The van der Waals surface area contributed by atoms with E-state index in [0.717, 1.165) is 5.56 Å². The lowest BCUT2D eigenvalue weighted by molar-refractivity contribution is -0.154. The lowest BCUT2D eigenvalue weighted by Gasteiger charge is -2.14. The number of hydrogen-bond donors (Lipinski definition) is 2. The van der Waals surface area contributed by atoms with Crippen molar-refractivity contribution >= 4 is 5.97 Å². The minimum atomic E-state index is -0.580. The molecule has 3 N–H and O–H groups in total. The van der Waals surface area contributed by atoms with Crippen LogP contribution in [0.4, 0.5) is 0 Å². The minimum Gasteiger partial charge on any atom is -0.369 e. The largest absolute Gasteiger partial charge is 0.369 e. The molecule has 16 heavy (non-hydrogen) atoms. The van der Waals surface area contributed by atoms with Gasteiger partial charge in [0.15, 0.2) is 0 Å². The van der Waals surface area contributed by atoms with Gasteiger partial charge in [0, 0.05) is 0 Å². The van der Waals surface area contributed by atoms with E-state index in [9.17, 15) is 4.79 Å². The molecule has 4 nitrogen and oxygen atoms in total. The van der Waals surface area contributed by atoms with E-state index in [1.807, 2.05) is 44.2 Å². The number of rotatable bonds is 5. The molecule has 1 aromatic rings. The van der Waals surface area contributed by atoms with Crippen molar-refractivity contribution in [3.63, 3.8) is 0 Å². The molecule has 1 atom stereocenters. The number of hydrogen-bond acceptors (Lipinski definition) is 4. The molecule has 1 aromatic carbocycles. The first kappa shape index (κ1) is 12.7. The number of carbonyl (C=O) groups excluding carboxylic acids is 1. The first-order chi connectivity index (χ1) is 7.61. The number of benzene rings is 1. The molecule has 88 valence electrons. The SMILES string of the molecule is CC(C)C(N)C(=O)ONCc1ccccc1. The van der Waals surface area contributed by atoms with Crippen LogP contribution in [0.1, 0.15) is 19.4 Å². The predicted octanol–water partition coefficient (Wildman–Crippen LogP) is 1.22. The molecule has 0 saturated carbocycles. The average Bonchev–Trinajstić information content (AvgIpc) is 2.29. The highest BCUT2D eigenvalue weighted by atomic mass is 16.7. The van der Waals surface area contributed by atoms with Crippen LogP contribution < -0.4 is 11.2 Å². The first-order valence-corrected chi connectivity index (χ1v) is 5.34. The Hall–Kier alpha value is -1.39. The summed E-state index contributed by atoms with van der Waals surface area (Å²) >= 11 is 0. The van der Waals surface area contributed by atoms with Crippen LogP contribution in [-0.4, -0.2) is 12.0 Å². The van der Waals surface area contributed by atoms with Gasteiger partial charge >= 0.3 is 5.97 Å². The zero-order valence-corrected chi connectivity index (χ0v) is 9.64. The highest BCUT2D eigenvalue weighted by Crippen LogP contribution is 2.00. The van der Waals surface area contributed by atoms with E-state index in [0.29, 0.717) is 6.54 Å². The van der Waals surface area contributed by atoms with E-state index in [2.05, 4.69) is 5.48 Å². The second kappa shape index (κ2) is 6.25. The molecule has 0 amide bonds. The van der Waals surface area contributed by atoms with Gasteiger partial charge in [-0.3, -0.25) is 0 Å². The van der Waals surface area contributed by atoms with Crippen molar-refractivity contribution in [3.05, 3.63) is 35.9 Å². The Morgan fingerprint density at radius 3 is 2.56 bits per heavy atom. The molecular formula is C12H18N2O2. The van der Waals surface area contributed by atoms with Crippen LogP contribution in [0.25, 0.3) is 0 Å². The third-order valence-corrected chi connectivity index (χ3v) is 2.28. The van der Waals surface area contributed by atoms with Crippen LogP contribution in [0.15, 0.2) is 30.3 Å². The Labute approximate surface area is 95.7 Å². The number of nitrogens with one attached hydrogen (secondary N) is 1. The van der Waals surface area contributed by atoms with Crippen molar-refractivity contribution in [2.24, 2.45) is 11.7 Å². The summed E-state index contributed by atoms with van der Waals surface area (Å²) in [5, 5.41) is 0. The van der Waals surface area contributed by atoms with Crippen LogP contribution in [-0.2, 0) is 16.2 Å². The van der Waals surface area contributed by atoms with E-state index in [1.165, 1.54) is 0 Å². The molecule has 0 aliphatic carbocycles. The molecule has 0 bridgehead atoms. The van der Waals surface area contributed by atoms with Crippen molar-refractivity contribution < 1.29 is 9.63 Å². The number of nitrogens with two attached hydrogens (primary N) is 1. The van der Waals surface area contributed by atoms with Crippen molar-refractivity contribution in [2.75, 3.05) is 0 Å². The van der Waals surface area contributed by atoms with Gasteiger partial charge in [-0.25, -0.2) is 4.79 Å². The van der Waals surface area contributed by atoms with Gasteiger partial charge < -0.3 is 10.6 Å². The maximum Gasteiger partial charge on any atom is 0.341 e. The van der Waals surface area contributed by atoms with Crippen molar-refractivity contribution in [3.8, 4) is 0 Å². The highest BCUT2D eigenvalue weighted by Gasteiger charge is 2.18. The molecule has 1 unspecified atom stereocenters. The molecule has 1 rings (SSSR count). The third-order valence-electron chi connectivity index (χ3n) is 2.28.